The van der Waals surface area contributed by atoms with Crippen LogP contribution in [0.2, 0.25) is 0 Å². The SMILES string of the molecule is CN(C)c1ccc2c(CCN)cc(=O)oc2c1. The second-order valence-electron chi connectivity index (χ2n) is 4.20. The van der Waals surface area contributed by atoms with E-state index in [2.05, 4.69) is 0 Å². The average molecular weight is 232 g/mol. The molecule has 0 unspecified atom stereocenters. The zero-order valence-corrected chi connectivity index (χ0v) is 10.1. The predicted octanol–water partition coefficient (Wildman–Crippen LogP) is 1.36. The van der Waals surface area contributed by atoms with Gasteiger partial charge in [0.25, 0.3) is 0 Å². The molecule has 1 heterocycles. The van der Waals surface area contributed by atoms with Crippen LogP contribution in [0.5, 0.6) is 0 Å². The van der Waals surface area contributed by atoms with Gasteiger partial charge in [-0.1, -0.05) is 0 Å². The van der Waals surface area contributed by atoms with Crippen LogP contribution in [0.25, 0.3) is 11.0 Å². The Bertz CT molecular complexity index is 587. The summed E-state index contributed by atoms with van der Waals surface area (Å²) in [5, 5.41) is 0.959. The van der Waals surface area contributed by atoms with Gasteiger partial charge in [-0.15, -0.1) is 0 Å². The van der Waals surface area contributed by atoms with Crippen LogP contribution in [0.1, 0.15) is 5.56 Å². The van der Waals surface area contributed by atoms with Crippen molar-refractivity contribution in [3.63, 3.8) is 0 Å². The molecule has 90 valence electrons. The van der Waals surface area contributed by atoms with Crippen LogP contribution < -0.4 is 16.3 Å². The minimum absolute atomic E-state index is 0.322. The Morgan fingerprint density at radius 1 is 1.29 bits per heavy atom. The van der Waals surface area contributed by atoms with Gasteiger partial charge in [-0.3, -0.25) is 0 Å². The molecule has 2 aromatic rings. The first-order valence-electron chi connectivity index (χ1n) is 5.56. The topological polar surface area (TPSA) is 59.5 Å². The number of fused-ring (bicyclic) bond motifs is 1. The fourth-order valence-electron chi connectivity index (χ4n) is 1.86. The molecule has 0 aliphatic carbocycles. The minimum atomic E-state index is -0.322. The second-order valence-corrected chi connectivity index (χ2v) is 4.20. The number of anilines is 1. The summed E-state index contributed by atoms with van der Waals surface area (Å²) in [5.74, 6) is 0. The molecular formula is C13H16N2O2. The molecule has 0 atom stereocenters. The van der Waals surface area contributed by atoms with Gasteiger partial charge in [0.1, 0.15) is 5.58 Å². The maximum absolute atomic E-state index is 11.4. The van der Waals surface area contributed by atoms with Crippen molar-refractivity contribution in [2.45, 2.75) is 6.42 Å². The first-order chi connectivity index (χ1) is 8.11. The third kappa shape index (κ3) is 2.31. The molecule has 0 saturated heterocycles. The summed E-state index contributed by atoms with van der Waals surface area (Å²) < 4.78 is 5.22. The van der Waals surface area contributed by atoms with Crippen molar-refractivity contribution in [1.82, 2.24) is 0 Å². The molecule has 0 amide bonds. The summed E-state index contributed by atoms with van der Waals surface area (Å²) in [6, 6.07) is 7.36. The lowest BCUT2D eigenvalue weighted by molar-refractivity contribution is 0.559. The van der Waals surface area contributed by atoms with Crippen LogP contribution in [0.3, 0.4) is 0 Å². The average Bonchev–Trinajstić information content (AvgIpc) is 2.28. The van der Waals surface area contributed by atoms with Crippen molar-refractivity contribution in [3.05, 3.63) is 40.2 Å². The van der Waals surface area contributed by atoms with E-state index >= 15 is 0 Å². The minimum Gasteiger partial charge on any atom is -0.423 e. The third-order valence-electron chi connectivity index (χ3n) is 2.74. The molecule has 2 N–H and O–H groups in total. The predicted molar refractivity (Wildman–Crippen MR) is 69.6 cm³/mol. The van der Waals surface area contributed by atoms with Gasteiger partial charge >= 0.3 is 5.63 Å². The largest absolute Gasteiger partial charge is 0.423 e. The zero-order valence-electron chi connectivity index (χ0n) is 10.1. The van der Waals surface area contributed by atoms with Crippen molar-refractivity contribution in [2.24, 2.45) is 5.73 Å². The Morgan fingerprint density at radius 2 is 2.06 bits per heavy atom. The molecule has 0 radical (unpaired) electrons. The van der Waals surface area contributed by atoms with E-state index in [1.807, 2.05) is 37.2 Å². The Balaban J connectivity index is 2.66. The van der Waals surface area contributed by atoms with Gasteiger partial charge in [-0.25, -0.2) is 4.79 Å². The van der Waals surface area contributed by atoms with E-state index in [0.29, 0.717) is 18.5 Å². The van der Waals surface area contributed by atoms with E-state index in [9.17, 15) is 4.79 Å². The maximum atomic E-state index is 11.4. The summed E-state index contributed by atoms with van der Waals surface area (Å²) in [7, 11) is 3.89. The lowest BCUT2D eigenvalue weighted by atomic mass is 10.1. The molecule has 4 heteroatoms. The summed E-state index contributed by atoms with van der Waals surface area (Å²) in [6.45, 7) is 0.522. The lowest BCUT2D eigenvalue weighted by Crippen LogP contribution is -2.10. The zero-order chi connectivity index (χ0) is 12.4. The highest BCUT2D eigenvalue weighted by molar-refractivity contribution is 5.83. The fourth-order valence-corrected chi connectivity index (χ4v) is 1.86. The molecule has 0 aliphatic heterocycles. The Labute approximate surface area is 99.6 Å². The van der Waals surface area contributed by atoms with E-state index in [1.54, 1.807) is 0 Å². The van der Waals surface area contributed by atoms with Gasteiger partial charge in [0.2, 0.25) is 0 Å². The molecule has 0 bridgehead atoms. The lowest BCUT2D eigenvalue weighted by Gasteiger charge is -2.13. The monoisotopic (exact) mass is 232 g/mol. The van der Waals surface area contributed by atoms with Gasteiger partial charge < -0.3 is 15.1 Å². The normalized spacial score (nSPS) is 10.8. The van der Waals surface area contributed by atoms with Crippen LogP contribution >= 0.6 is 0 Å². The van der Waals surface area contributed by atoms with Gasteiger partial charge in [0.15, 0.2) is 0 Å². The van der Waals surface area contributed by atoms with Gasteiger partial charge in [-0.2, -0.15) is 0 Å². The number of rotatable bonds is 3. The summed E-state index contributed by atoms with van der Waals surface area (Å²) in [4.78, 5) is 13.4. The van der Waals surface area contributed by atoms with Crippen LogP contribution in [0, 0.1) is 0 Å². The van der Waals surface area contributed by atoms with E-state index in [1.165, 1.54) is 6.07 Å². The molecule has 4 nitrogen and oxygen atoms in total. The number of nitrogens with two attached hydrogens (primary N) is 1. The molecular weight excluding hydrogens is 216 g/mol. The molecule has 1 aromatic carbocycles. The highest BCUT2D eigenvalue weighted by Gasteiger charge is 2.06. The van der Waals surface area contributed by atoms with Crippen LogP contribution in [-0.2, 0) is 6.42 Å². The quantitative estimate of drug-likeness (QED) is 0.812. The molecule has 17 heavy (non-hydrogen) atoms. The van der Waals surface area contributed by atoms with Gasteiger partial charge in [0, 0.05) is 37.3 Å². The van der Waals surface area contributed by atoms with Crippen LogP contribution in [-0.4, -0.2) is 20.6 Å². The number of benzene rings is 1. The Hall–Kier alpha value is -1.81. The number of hydrogen-bond acceptors (Lipinski definition) is 4. The fraction of sp³-hybridized carbons (Fsp3) is 0.308. The smallest absolute Gasteiger partial charge is 0.336 e. The molecule has 0 fully saturated rings. The molecule has 2 rings (SSSR count). The highest BCUT2D eigenvalue weighted by atomic mass is 16.4. The van der Waals surface area contributed by atoms with Crippen molar-refractivity contribution in [2.75, 3.05) is 25.5 Å². The van der Waals surface area contributed by atoms with Crippen LogP contribution in [0.4, 0.5) is 5.69 Å². The van der Waals surface area contributed by atoms with E-state index in [0.717, 1.165) is 16.6 Å². The van der Waals surface area contributed by atoms with E-state index in [4.69, 9.17) is 10.2 Å². The number of hydrogen-bond donors (Lipinski definition) is 1. The van der Waals surface area contributed by atoms with E-state index in [-0.39, 0.29) is 5.63 Å². The van der Waals surface area contributed by atoms with Crippen molar-refractivity contribution in [1.29, 1.82) is 0 Å². The molecule has 0 spiro atoms. The molecule has 0 aliphatic rings. The number of nitrogens with zero attached hydrogens (tertiary/aromatic N) is 1. The molecule has 0 saturated carbocycles. The third-order valence-corrected chi connectivity index (χ3v) is 2.74. The van der Waals surface area contributed by atoms with Gasteiger partial charge in [0.05, 0.1) is 0 Å². The summed E-state index contributed by atoms with van der Waals surface area (Å²) in [5.41, 5.74) is 7.79. The first kappa shape index (κ1) is 11.7. The van der Waals surface area contributed by atoms with Crippen LogP contribution in [0.15, 0.2) is 33.5 Å². The van der Waals surface area contributed by atoms with Gasteiger partial charge in [-0.05, 0) is 30.7 Å². The van der Waals surface area contributed by atoms with Crippen molar-refractivity contribution in [3.8, 4) is 0 Å². The molecule has 1 aromatic heterocycles. The summed E-state index contributed by atoms with van der Waals surface area (Å²) >= 11 is 0. The maximum Gasteiger partial charge on any atom is 0.336 e. The first-order valence-corrected chi connectivity index (χ1v) is 5.56. The highest BCUT2D eigenvalue weighted by Crippen LogP contribution is 2.22. The summed E-state index contributed by atoms with van der Waals surface area (Å²) in [6.07, 6.45) is 0.684. The second kappa shape index (κ2) is 4.59. The van der Waals surface area contributed by atoms with Crippen molar-refractivity contribution < 1.29 is 4.42 Å². The van der Waals surface area contributed by atoms with E-state index < -0.39 is 0 Å². The van der Waals surface area contributed by atoms with Crippen molar-refractivity contribution >= 4 is 16.7 Å². The Kier molecular flexibility index (Phi) is 3.15. The standard InChI is InChI=1S/C13H16N2O2/c1-15(2)10-3-4-11-9(5-6-14)7-13(16)17-12(11)8-10/h3-4,7-8H,5-6,14H2,1-2H3. The Morgan fingerprint density at radius 3 is 2.71 bits per heavy atom.